The van der Waals surface area contributed by atoms with Gasteiger partial charge in [0, 0.05) is 0 Å². The van der Waals surface area contributed by atoms with Crippen LogP contribution in [0.3, 0.4) is 0 Å². The van der Waals surface area contributed by atoms with Crippen molar-refractivity contribution < 1.29 is 4.74 Å². The first-order chi connectivity index (χ1) is 17.7. The molecule has 0 N–H and O–H groups in total. The molecule has 202 valence electrons. The second-order valence-corrected chi connectivity index (χ2v) is 12.9. The van der Waals surface area contributed by atoms with Crippen molar-refractivity contribution in [1.29, 1.82) is 0 Å². The number of benzene rings is 1. The van der Waals surface area contributed by atoms with Gasteiger partial charge in [-0.25, -0.2) is 0 Å². The standard InChI is InChI=1S/C35H56O/c1-3-5-7-8-9-10-28-11-13-29(14-12-28)15-16-30-17-18-34-27-33(20-19-32(34)26-30)31-21-23-35(24-22-31)36-25-6-4-2/h4,21-24,28-30,32-34H,2-3,5-20,25-27H2,1H3. The predicted molar refractivity (Wildman–Crippen MR) is 156 cm³/mol. The van der Waals surface area contributed by atoms with Crippen molar-refractivity contribution in [2.45, 2.75) is 135 Å². The first-order valence-corrected chi connectivity index (χ1v) is 16.1. The molecule has 4 unspecified atom stereocenters. The number of hydrogen-bond acceptors (Lipinski definition) is 1. The number of rotatable bonds is 14. The van der Waals surface area contributed by atoms with Gasteiger partial charge in [-0.2, -0.15) is 0 Å². The Morgan fingerprint density at radius 2 is 1.36 bits per heavy atom. The van der Waals surface area contributed by atoms with Crippen LogP contribution in [0.15, 0.2) is 36.9 Å². The molecule has 3 aliphatic rings. The van der Waals surface area contributed by atoms with E-state index in [1.807, 2.05) is 6.08 Å². The second kappa shape index (κ2) is 15.2. The number of unbranched alkanes of at least 4 members (excludes halogenated alkanes) is 4. The van der Waals surface area contributed by atoms with Crippen LogP contribution >= 0.6 is 0 Å². The van der Waals surface area contributed by atoms with Crippen molar-refractivity contribution in [2.75, 3.05) is 6.61 Å². The van der Waals surface area contributed by atoms with Crippen LogP contribution in [-0.4, -0.2) is 6.61 Å². The summed E-state index contributed by atoms with van der Waals surface area (Å²) in [6.07, 6.45) is 29.7. The normalized spacial score (nSPS) is 30.5. The van der Waals surface area contributed by atoms with Crippen molar-refractivity contribution in [2.24, 2.45) is 29.6 Å². The fourth-order valence-corrected chi connectivity index (χ4v) is 7.96. The van der Waals surface area contributed by atoms with Crippen molar-refractivity contribution in [3.05, 3.63) is 42.5 Å². The van der Waals surface area contributed by atoms with Gasteiger partial charge in [-0.3, -0.25) is 0 Å². The summed E-state index contributed by atoms with van der Waals surface area (Å²) in [4.78, 5) is 0. The third kappa shape index (κ3) is 8.66. The summed E-state index contributed by atoms with van der Waals surface area (Å²) in [7, 11) is 0. The van der Waals surface area contributed by atoms with E-state index in [1.54, 1.807) is 12.0 Å². The SMILES string of the molecule is C=CCCOc1ccc(C2CCC3CC(CCC4CCC(CCCCCCC)CC4)CCC3C2)cc1. The molecule has 0 amide bonds. The molecule has 0 heterocycles. The third-order valence-corrected chi connectivity index (χ3v) is 10.3. The number of ether oxygens (including phenoxy) is 1. The Morgan fingerprint density at radius 3 is 2.11 bits per heavy atom. The summed E-state index contributed by atoms with van der Waals surface area (Å²) < 4.78 is 5.81. The van der Waals surface area contributed by atoms with Crippen LogP contribution in [0.4, 0.5) is 0 Å². The monoisotopic (exact) mass is 492 g/mol. The fourth-order valence-electron chi connectivity index (χ4n) is 7.96. The third-order valence-electron chi connectivity index (χ3n) is 10.3. The van der Waals surface area contributed by atoms with Crippen LogP contribution in [0.25, 0.3) is 0 Å². The molecule has 0 aromatic heterocycles. The molecule has 1 aromatic rings. The van der Waals surface area contributed by atoms with Gasteiger partial charge >= 0.3 is 0 Å². The second-order valence-electron chi connectivity index (χ2n) is 12.9. The highest BCUT2D eigenvalue weighted by Gasteiger charge is 2.36. The Labute approximate surface area is 223 Å². The zero-order valence-electron chi connectivity index (χ0n) is 23.6. The molecule has 0 radical (unpaired) electrons. The Balaban J connectivity index is 1.11. The highest BCUT2D eigenvalue weighted by molar-refractivity contribution is 5.30. The van der Waals surface area contributed by atoms with Gasteiger partial charge in [0.25, 0.3) is 0 Å². The average Bonchev–Trinajstić information content (AvgIpc) is 2.92. The van der Waals surface area contributed by atoms with Gasteiger partial charge in [-0.15, -0.1) is 6.58 Å². The van der Waals surface area contributed by atoms with Gasteiger partial charge in [-0.05, 0) is 91.7 Å². The van der Waals surface area contributed by atoms with Crippen molar-refractivity contribution in [3.63, 3.8) is 0 Å². The summed E-state index contributed by atoms with van der Waals surface area (Å²) in [6, 6.07) is 9.03. The van der Waals surface area contributed by atoms with Crippen LogP contribution in [0.1, 0.15) is 140 Å². The highest BCUT2D eigenvalue weighted by Crippen LogP contribution is 2.49. The Bertz CT molecular complexity index is 728. The lowest BCUT2D eigenvalue weighted by atomic mass is 9.63. The molecule has 1 heteroatoms. The van der Waals surface area contributed by atoms with E-state index in [0.29, 0.717) is 0 Å². The van der Waals surface area contributed by atoms with Gasteiger partial charge in [0.2, 0.25) is 0 Å². The minimum Gasteiger partial charge on any atom is -0.493 e. The minimum atomic E-state index is 0.734. The summed E-state index contributed by atoms with van der Waals surface area (Å²) in [5, 5.41) is 0. The molecule has 4 rings (SSSR count). The summed E-state index contributed by atoms with van der Waals surface area (Å²) >= 11 is 0. The van der Waals surface area contributed by atoms with Gasteiger partial charge in [0.05, 0.1) is 6.61 Å². The van der Waals surface area contributed by atoms with Gasteiger partial charge < -0.3 is 4.74 Å². The molecule has 0 bridgehead atoms. The number of hydrogen-bond donors (Lipinski definition) is 0. The van der Waals surface area contributed by atoms with Crippen LogP contribution in [-0.2, 0) is 0 Å². The van der Waals surface area contributed by atoms with E-state index in [0.717, 1.165) is 54.3 Å². The molecule has 36 heavy (non-hydrogen) atoms. The molecule has 3 saturated carbocycles. The number of fused-ring (bicyclic) bond motifs is 1. The van der Waals surface area contributed by atoms with Crippen LogP contribution in [0.5, 0.6) is 5.75 Å². The van der Waals surface area contributed by atoms with E-state index in [-0.39, 0.29) is 0 Å². The lowest BCUT2D eigenvalue weighted by Crippen LogP contribution is -2.30. The molecular formula is C35H56O. The largest absolute Gasteiger partial charge is 0.493 e. The molecule has 0 aliphatic heterocycles. The molecular weight excluding hydrogens is 436 g/mol. The molecule has 3 aliphatic carbocycles. The molecule has 1 aromatic carbocycles. The topological polar surface area (TPSA) is 9.23 Å². The van der Waals surface area contributed by atoms with E-state index in [9.17, 15) is 0 Å². The summed E-state index contributed by atoms with van der Waals surface area (Å²) in [5.41, 5.74) is 1.54. The van der Waals surface area contributed by atoms with Crippen molar-refractivity contribution >= 4 is 0 Å². The minimum absolute atomic E-state index is 0.734. The highest BCUT2D eigenvalue weighted by atomic mass is 16.5. The maximum Gasteiger partial charge on any atom is 0.119 e. The maximum atomic E-state index is 5.81. The summed E-state index contributed by atoms with van der Waals surface area (Å²) in [6.45, 7) is 6.83. The van der Waals surface area contributed by atoms with E-state index in [2.05, 4.69) is 37.8 Å². The predicted octanol–water partition coefficient (Wildman–Crippen LogP) is 10.9. The van der Waals surface area contributed by atoms with Gasteiger partial charge in [-0.1, -0.05) is 109 Å². The van der Waals surface area contributed by atoms with Gasteiger partial charge in [0.1, 0.15) is 5.75 Å². The fraction of sp³-hybridized carbons (Fsp3) is 0.771. The van der Waals surface area contributed by atoms with E-state index in [4.69, 9.17) is 4.74 Å². The smallest absolute Gasteiger partial charge is 0.119 e. The molecule has 1 nitrogen and oxygen atoms in total. The first-order valence-electron chi connectivity index (χ1n) is 16.1. The zero-order chi connectivity index (χ0) is 25.0. The van der Waals surface area contributed by atoms with E-state index in [1.165, 1.54) is 109 Å². The van der Waals surface area contributed by atoms with Crippen LogP contribution < -0.4 is 4.74 Å². The first kappa shape index (κ1) is 27.8. The van der Waals surface area contributed by atoms with Crippen molar-refractivity contribution in [3.8, 4) is 5.75 Å². The average molecular weight is 493 g/mol. The maximum absolute atomic E-state index is 5.81. The molecule has 3 fully saturated rings. The Morgan fingerprint density at radius 1 is 0.722 bits per heavy atom. The van der Waals surface area contributed by atoms with Crippen LogP contribution in [0, 0.1) is 29.6 Å². The molecule has 0 spiro atoms. The lowest BCUT2D eigenvalue weighted by molar-refractivity contribution is 0.108. The van der Waals surface area contributed by atoms with Gasteiger partial charge in [0.15, 0.2) is 0 Å². The van der Waals surface area contributed by atoms with E-state index < -0.39 is 0 Å². The summed E-state index contributed by atoms with van der Waals surface area (Å²) in [5.74, 6) is 6.93. The van der Waals surface area contributed by atoms with Crippen LogP contribution in [0.2, 0.25) is 0 Å². The Kier molecular flexibility index (Phi) is 11.8. The van der Waals surface area contributed by atoms with E-state index >= 15 is 0 Å². The van der Waals surface area contributed by atoms with Crippen molar-refractivity contribution in [1.82, 2.24) is 0 Å². The lowest BCUT2D eigenvalue weighted by Gasteiger charge is -2.43. The Hall–Kier alpha value is -1.24. The quantitative estimate of drug-likeness (QED) is 0.185. The zero-order valence-corrected chi connectivity index (χ0v) is 23.6. The molecule has 0 saturated heterocycles. The molecule has 4 atom stereocenters.